The molecule has 0 bridgehead atoms. The largest absolute Gasteiger partial charge is 0.467 e. The fourth-order valence-corrected chi connectivity index (χ4v) is 1.96. The summed E-state index contributed by atoms with van der Waals surface area (Å²) in [7, 11) is 0. The minimum atomic E-state index is -0.562. The highest BCUT2D eigenvalue weighted by atomic mass is 16.5. The quantitative estimate of drug-likeness (QED) is 0.649. The van der Waals surface area contributed by atoms with Gasteiger partial charge in [-0.15, -0.1) is 0 Å². The zero-order valence-corrected chi connectivity index (χ0v) is 10.8. The summed E-state index contributed by atoms with van der Waals surface area (Å²) in [4.78, 5) is 11.0. The van der Waals surface area contributed by atoms with Crippen LogP contribution in [0.2, 0.25) is 0 Å². The van der Waals surface area contributed by atoms with Gasteiger partial charge < -0.3 is 24.9 Å². The van der Waals surface area contributed by atoms with Crippen molar-refractivity contribution in [2.75, 3.05) is 19.7 Å². The number of carbonyl (C=O) groups is 1. The van der Waals surface area contributed by atoms with E-state index in [1.165, 1.54) is 0 Å². The van der Waals surface area contributed by atoms with E-state index in [1.807, 2.05) is 6.07 Å². The van der Waals surface area contributed by atoms with Gasteiger partial charge in [-0.05, 0) is 18.6 Å². The average molecular weight is 268 g/mol. The van der Waals surface area contributed by atoms with Crippen molar-refractivity contribution in [1.82, 2.24) is 10.6 Å². The lowest BCUT2D eigenvalue weighted by atomic mass is 10.1. The molecule has 1 aliphatic heterocycles. The normalized spacial score (nSPS) is 21.1. The highest BCUT2D eigenvalue weighted by Gasteiger charge is 2.18. The van der Waals surface area contributed by atoms with E-state index in [0.29, 0.717) is 26.1 Å². The Balaban J connectivity index is 1.54. The van der Waals surface area contributed by atoms with Crippen molar-refractivity contribution >= 4 is 5.91 Å². The molecule has 2 unspecified atom stereocenters. The molecule has 0 spiro atoms. The van der Waals surface area contributed by atoms with Crippen LogP contribution < -0.4 is 10.6 Å². The lowest BCUT2D eigenvalue weighted by molar-refractivity contribution is -0.122. The fourth-order valence-electron chi connectivity index (χ4n) is 1.96. The van der Waals surface area contributed by atoms with E-state index >= 15 is 0 Å². The molecule has 19 heavy (non-hydrogen) atoms. The van der Waals surface area contributed by atoms with Crippen LogP contribution in [0.4, 0.5) is 0 Å². The van der Waals surface area contributed by atoms with Gasteiger partial charge in [-0.2, -0.15) is 0 Å². The van der Waals surface area contributed by atoms with Crippen LogP contribution in [-0.2, 0) is 16.1 Å². The molecule has 6 nitrogen and oxygen atoms in total. The Hall–Kier alpha value is -1.37. The number of carbonyl (C=O) groups excluding carboxylic acids is 1. The van der Waals surface area contributed by atoms with Crippen LogP contribution >= 0.6 is 0 Å². The molecular weight excluding hydrogens is 248 g/mol. The molecule has 1 aromatic rings. The van der Waals surface area contributed by atoms with Crippen molar-refractivity contribution < 1.29 is 19.1 Å². The standard InChI is InChI=1S/C13H20N2O4/c16-11(8-18-9-12-2-1-5-19-12)7-14-10-3-4-13(17)15-6-10/h1-2,5,10-11,14,16H,3-4,6-9H2,(H,15,17). The maximum Gasteiger partial charge on any atom is 0.220 e. The van der Waals surface area contributed by atoms with Crippen LogP contribution in [0, 0.1) is 0 Å². The van der Waals surface area contributed by atoms with Crippen LogP contribution in [0.15, 0.2) is 22.8 Å². The third kappa shape index (κ3) is 5.02. The highest BCUT2D eigenvalue weighted by molar-refractivity contribution is 5.76. The van der Waals surface area contributed by atoms with Crippen LogP contribution in [-0.4, -0.2) is 42.9 Å². The van der Waals surface area contributed by atoms with Gasteiger partial charge in [0, 0.05) is 25.6 Å². The average Bonchev–Trinajstić information content (AvgIpc) is 2.91. The van der Waals surface area contributed by atoms with Gasteiger partial charge in [0.2, 0.25) is 5.91 Å². The zero-order chi connectivity index (χ0) is 13.5. The lowest BCUT2D eigenvalue weighted by Crippen LogP contribution is -2.48. The van der Waals surface area contributed by atoms with Crippen molar-refractivity contribution in [3.8, 4) is 0 Å². The molecule has 0 aromatic carbocycles. The van der Waals surface area contributed by atoms with Crippen molar-refractivity contribution in [2.24, 2.45) is 0 Å². The number of aliphatic hydroxyl groups excluding tert-OH is 1. The van der Waals surface area contributed by atoms with Gasteiger partial charge in [0.15, 0.2) is 0 Å². The molecule has 1 amide bonds. The van der Waals surface area contributed by atoms with E-state index in [4.69, 9.17) is 9.15 Å². The molecule has 1 saturated heterocycles. The van der Waals surface area contributed by atoms with Gasteiger partial charge in [0.1, 0.15) is 12.4 Å². The van der Waals surface area contributed by atoms with Gasteiger partial charge in [-0.1, -0.05) is 0 Å². The number of ether oxygens (including phenoxy) is 1. The van der Waals surface area contributed by atoms with E-state index in [0.717, 1.165) is 12.2 Å². The second kappa shape index (κ2) is 7.28. The minimum Gasteiger partial charge on any atom is -0.467 e. The molecule has 6 heteroatoms. The summed E-state index contributed by atoms with van der Waals surface area (Å²) in [5.74, 6) is 0.843. The van der Waals surface area contributed by atoms with Gasteiger partial charge in [0.05, 0.1) is 19.0 Å². The Morgan fingerprint density at radius 2 is 2.53 bits per heavy atom. The predicted octanol–water partition coefficient (Wildman–Crippen LogP) is 0.0253. The summed E-state index contributed by atoms with van der Waals surface area (Å²) in [6, 6.07) is 3.86. The minimum absolute atomic E-state index is 0.0976. The molecule has 2 atom stereocenters. The maximum absolute atomic E-state index is 11.0. The van der Waals surface area contributed by atoms with Crippen LogP contribution in [0.5, 0.6) is 0 Å². The number of hydrogen-bond donors (Lipinski definition) is 3. The summed E-state index contributed by atoms with van der Waals surface area (Å²) in [5.41, 5.74) is 0. The van der Waals surface area contributed by atoms with Gasteiger partial charge in [0.25, 0.3) is 0 Å². The number of aliphatic hydroxyl groups is 1. The van der Waals surface area contributed by atoms with Gasteiger partial charge >= 0.3 is 0 Å². The predicted molar refractivity (Wildman–Crippen MR) is 68.4 cm³/mol. The number of piperidine rings is 1. The molecule has 0 radical (unpaired) electrons. The number of amides is 1. The first-order valence-corrected chi connectivity index (χ1v) is 6.52. The lowest BCUT2D eigenvalue weighted by Gasteiger charge is -2.24. The smallest absolute Gasteiger partial charge is 0.220 e. The monoisotopic (exact) mass is 268 g/mol. The zero-order valence-electron chi connectivity index (χ0n) is 10.8. The summed E-state index contributed by atoms with van der Waals surface area (Å²) in [6.45, 7) is 1.70. The molecule has 2 heterocycles. The molecule has 106 valence electrons. The van der Waals surface area contributed by atoms with Crippen LogP contribution in [0.3, 0.4) is 0 Å². The summed E-state index contributed by atoms with van der Waals surface area (Å²) in [6.07, 6.45) is 2.38. The molecular formula is C13H20N2O4. The Labute approximate surface area is 112 Å². The number of nitrogens with one attached hydrogen (secondary N) is 2. The third-order valence-electron chi connectivity index (χ3n) is 3.04. The van der Waals surface area contributed by atoms with E-state index in [2.05, 4.69) is 10.6 Å². The maximum atomic E-state index is 11.0. The summed E-state index contributed by atoms with van der Waals surface area (Å²) >= 11 is 0. The van der Waals surface area contributed by atoms with E-state index in [-0.39, 0.29) is 18.6 Å². The Morgan fingerprint density at radius 3 is 3.21 bits per heavy atom. The van der Waals surface area contributed by atoms with Crippen LogP contribution in [0.1, 0.15) is 18.6 Å². The number of furan rings is 1. The Morgan fingerprint density at radius 1 is 1.63 bits per heavy atom. The molecule has 1 fully saturated rings. The highest BCUT2D eigenvalue weighted by Crippen LogP contribution is 2.04. The van der Waals surface area contributed by atoms with E-state index in [9.17, 15) is 9.90 Å². The summed E-state index contributed by atoms with van der Waals surface area (Å²) in [5, 5.41) is 15.8. The first-order chi connectivity index (χ1) is 9.24. The Bertz CT molecular complexity index is 370. The molecule has 0 saturated carbocycles. The fraction of sp³-hybridized carbons (Fsp3) is 0.615. The Kier molecular flexibility index (Phi) is 5.38. The molecule has 1 aromatic heterocycles. The molecule has 2 rings (SSSR count). The third-order valence-corrected chi connectivity index (χ3v) is 3.04. The van der Waals surface area contributed by atoms with Gasteiger partial charge in [-0.3, -0.25) is 4.79 Å². The molecule has 3 N–H and O–H groups in total. The first-order valence-electron chi connectivity index (χ1n) is 6.52. The van der Waals surface area contributed by atoms with Crippen molar-refractivity contribution in [2.45, 2.75) is 31.6 Å². The second-order valence-corrected chi connectivity index (χ2v) is 4.70. The van der Waals surface area contributed by atoms with Crippen LogP contribution in [0.25, 0.3) is 0 Å². The van der Waals surface area contributed by atoms with E-state index < -0.39 is 6.10 Å². The molecule has 0 aliphatic carbocycles. The molecule has 1 aliphatic rings. The van der Waals surface area contributed by atoms with Crippen molar-refractivity contribution in [1.29, 1.82) is 0 Å². The first kappa shape index (κ1) is 14.0. The van der Waals surface area contributed by atoms with Crippen molar-refractivity contribution in [3.05, 3.63) is 24.2 Å². The van der Waals surface area contributed by atoms with Crippen molar-refractivity contribution in [3.63, 3.8) is 0 Å². The van der Waals surface area contributed by atoms with E-state index in [1.54, 1.807) is 12.3 Å². The SMILES string of the molecule is O=C1CCC(NCC(O)COCc2ccco2)CN1. The topological polar surface area (TPSA) is 83.7 Å². The number of hydrogen-bond acceptors (Lipinski definition) is 5. The number of rotatable bonds is 7. The summed E-state index contributed by atoms with van der Waals surface area (Å²) < 4.78 is 10.5. The second-order valence-electron chi connectivity index (χ2n) is 4.70. The van der Waals surface area contributed by atoms with Gasteiger partial charge in [-0.25, -0.2) is 0 Å².